The van der Waals surface area contributed by atoms with Gasteiger partial charge < -0.3 is 19.3 Å². The number of carbonyl (C=O) groups is 1. The Morgan fingerprint density at radius 2 is 1.87 bits per heavy atom. The van der Waals surface area contributed by atoms with Crippen molar-refractivity contribution in [3.05, 3.63) is 107 Å². The number of thioether (sulfide) groups is 1. The first-order valence-electron chi connectivity index (χ1n) is 11.8. The highest BCUT2D eigenvalue weighted by atomic mass is 32.2. The number of rotatable bonds is 8. The Balaban J connectivity index is 0.00000164. The second kappa shape index (κ2) is 11.9. The molecule has 0 aliphatic carbocycles. The third-order valence-electron chi connectivity index (χ3n) is 5.81. The molecule has 1 N–H and O–H groups in total. The first-order chi connectivity index (χ1) is 18.4. The van der Waals surface area contributed by atoms with Crippen molar-refractivity contribution in [1.29, 1.82) is 0 Å². The van der Waals surface area contributed by atoms with Gasteiger partial charge in [-0.1, -0.05) is 49.0 Å². The van der Waals surface area contributed by atoms with Gasteiger partial charge in [-0.2, -0.15) is 0 Å². The lowest BCUT2D eigenvalue weighted by Crippen LogP contribution is -2.24. The Hall–Kier alpha value is -4.17. The molecule has 4 aromatic rings. The van der Waals surface area contributed by atoms with Gasteiger partial charge >= 0.3 is 0 Å². The molecule has 0 amide bonds. The number of ether oxygens (including phenoxy) is 1. The quantitative estimate of drug-likeness (QED) is 0.273. The van der Waals surface area contributed by atoms with Gasteiger partial charge in [0, 0.05) is 35.2 Å². The summed E-state index contributed by atoms with van der Waals surface area (Å²) in [7, 11) is 0. The fourth-order valence-corrected chi connectivity index (χ4v) is 5.30. The van der Waals surface area contributed by atoms with Crippen LogP contribution in [0.15, 0.2) is 105 Å². The van der Waals surface area contributed by atoms with Crippen molar-refractivity contribution in [2.75, 3.05) is 17.7 Å². The van der Waals surface area contributed by atoms with Crippen molar-refractivity contribution >= 4 is 40.3 Å². The van der Waals surface area contributed by atoms with Gasteiger partial charge in [0.1, 0.15) is 46.7 Å². The van der Waals surface area contributed by atoms with Gasteiger partial charge in [0.25, 0.3) is 0 Å². The number of carbonyl (C=O) groups excluding carboxylic acids is 1. The lowest BCUT2D eigenvalue weighted by Gasteiger charge is -2.21. The van der Waals surface area contributed by atoms with E-state index in [-0.39, 0.29) is 23.4 Å². The molecular weight excluding hydrogens is 503 g/mol. The summed E-state index contributed by atoms with van der Waals surface area (Å²) in [5.74, 6) is 1.46. The molecule has 6 nitrogen and oxygen atoms in total. The average molecular weight is 531 g/mol. The van der Waals surface area contributed by atoms with E-state index in [4.69, 9.17) is 18.9 Å². The number of halogens is 1. The summed E-state index contributed by atoms with van der Waals surface area (Å²) in [6.45, 7) is 8.40. The minimum absolute atomic E-state index is 0.156. The van der Waals surface area contributed by atoms with Crippen LogP contribution in [0.25, 0.3) is 22.3 Å². The largest absolute Gasteiger partial charge is 0.486 e. The predicted octanol–water partition coefficient (Wildman–Crippen LogP) is 6.71. The van der Waals surface area contributed by atoms with E-state index in [1.807, 2.05) is 43.2 Å². The SMILES string of the molecule is C=C(CC1(C)CSC(COc2cccc3oc(-c4ccccc4)cc(=O)c23)=N1)Nc1cccc(F)c1.C=O. The summed E-state index contributed by atoms with van der Waals surface area (Å²) >= 11 is 1.62. The van der Waals surface area contributed by atoms with Gasteiger partial charge in [-0.15, -0.1) is 11.8 Å². The molecule has 1 unspecified atom stereocenters. The summed E-state index contributed by atoms with van der Waals surface area (Å²) in [6.07, 6.45) is 0.597. The molecule has 3 aromatic carbocycles. The molecule has 8 heteroatoms. The topological polar surface area (TPSA) is 80.9 Å². The van der Waals surface area contributed by atoms with Gasteiger partial charge in [-0.05, 0) is 37.3 Å². The highest BCUT2D eigenvalue weighted by Gasteiger charge is 2.31. The van der Waals surface area contributed by atoms with Gasteiger partial charge in [-0.3, -0.25) is 9.79 Å². The van der Waals surface area contributed by atoms with E-state index in [9.17, 15) is 9.18 Å². The predicted molar refractivity (Wildman–Crippen MR) is 153 cm³/mol. The van der Waals surface area contributed by atoms with Crippen LogP contribution in [0, 0.1) is 5.82 Å². The molecule has 0 spiro atoms. The first kappa shape index (κ1) is 26.9. The van der Waals surface area contributed by atoms with Gasteiger partial charge in [-0.25, -0.2) is 4.39 Å². The monoisotopic (exact) mass is 530 g/mol. The van der Waals surface area contributed by atoms with Crippen molar-refractivity contribution in [3.63, 3.8) is 0 Å². The highest BCUT2D eigenvalue weighted by Crippen LogP contribution is 2.34. The van der Waals surface area contributed by atoms with Crippen molar-refractivity contribution in [2.45, 2.75) is 18.9 Å². The Morgan fingerprint density at radius 3 is 2.63 bits per heavy atom. The highest BCUT2D eigenvalue weighted by molar-refractivity contribution is 8.14. The van der Waals surface area contributed by atoms with E-state index in [2.05, 4.69) is 18.8 Å². The fraction of sp³-hybridized carbons (Fsp3) is 0.167. The standard InChI is InChI=1S/C29H25FN2O3S.CH2O/c1-19(31-22-11-6-10-21(30)14-22)16-29(2)18-36-27(32-29)17-34-24-12-7-13-25-28(24)23(33)15-26(35-25)20-8-4-3-5-9-20;1-2/h3-15,31H,1,16-18H2,2H3;1H2. The van der Waals surface area contributed by atoms with Crippen molar-refractivity contribution < 1.29 is 18.3 Å². The zero-order chi connectivity index (χ0) is 27.1. The summed E-state index contributed by atoms with van der Waals surface area (Å²) < 4.78 is 25.5. The summed E-state index contributed by atoms with van der Waals surface area (Å²) in [5, 5.41) is 4.42. The molecule has 38 heavy (non-hydrogen) atoms. The molecule has 194 valence electrons. The molecule has 5 rings (SSSR count). The van der Waals surface area contributed by atoms with Gasteiger partial charge in [0.05, 0.1) is 5.54 Å². The minimum atomic E-state index is -0.358. The van der Waals surface area contributed by atoms with Gasteiger partial charge in [0.15, 0.2) is 5.43 Å². The summed E-state index contributed by atoms with van der Waals surface area (Å²) in [5.41, 5.74) is 2.22. The number of hydrogen-bond donors (Lipinski definition) is 1. The number of benzene rings is 3. The maximum Gasteiger partial charge on any atom is 0.197 e. The van der Waals surface area contributed by atoms with E-state index >= 15 is 0 Å². The van der Waals surface area contributed by atoms with Crippen LogP contribution >= 0.6 is 11.8 Å². The Morgan fingerprint density at radius 1 is 1.11 bits per heavy atom. The smallest absolute Gasteiger partial charge is 0.197 e. The van der Waals surface area contributed by atoms with E-state index in [0.717, 1.165) is 22.1 Å². The molecule has 1 aliphatic rings. The molecule has 2 heterocycles. The third kappa shape index (κ3) is 6.39. The van der Waals surface area contributed by atoms with Crippen LogP contribution in [0.3, 0.4) is 0 Å². The van der Waals surface area contributed by atoms with Crippen LogP contribution in [0.2, 0.25) is 0 Å². The zero-order valence-electron chi connectivity index (χ0n) is 20.9. The second-order valence-corrected chi connectivity index (χ2v) is 10.0. The Labute approximate surface area is 224 Å². The van der Waals surface area contributed by atoms with E-state index in [1.54, 1.807) is 36.0 Å². The Kier molecular flexibility index (Phi) is 8.43. The number of anilines is 1. The molecular formula is C30H27FN2O4S. The molecule has 0 saturated heterocycles. The summed E-state index contributed by atoms with van der Waals surface area (Å²) in [4.78, 5) is 25.8. The van der Waals surface area contributed by atoms with E-state index in [0.29, 0.717) is 34.6 Å². The van der Waals surface area contributed by atoms with E-state index < -0.39 is 0 Å². The van der Waals surface area contributed by atoms with Crippen LogP contribution in [0.1, 0.15) is 13.3 Å². The van der Waals surface area contributed by atoms with Crippen molar-refractivity contribution in [1.82, 2.24) is 0 Å². The number of hydrogen-bond acceptors (Lipinski definition) is 7. The maximum atomic E-state index is 13.5. The molecule has 1 aliphatic heterocycles. The molecule has 0 fully saturated rings. The molecule has 0 saturated carbocycles. The molecule has 1 aromatic heterocycles. The number of nitrogens with one attached hydrogen (secondary N) is 1. The fourth-order valence-electron chi connectivity index (χ4n) is 4.23. The first-order valence-corrected chi connectivity index (χ1v) is 12.8. The third-order valence-corrected chi connectivity index (χ3v) is 7.12. The average Bonchev–Trinajstić information content (AvgIpc) is 3.29. The second-order valence-electron chi connectivity index (χ2n) is 8.97. The number of nitrogens with zero attached hydrogens (tertiary/aromatic N) is 1. The molecule has 0 radical (unpaired) electrons. The van der Waals surface area contributed by atoms with Crippen LogP contribution in [-0.4, -0.2) is 29.7 Å². The number of aliphatic imine (C=N–C) groups is 1. The van der Waals surface area contributed by atoms with Crippen molar-refractivity contribution in [2.24, 2.45) is 4.99 Å². The van der Waals surface area contributed by atoms with Crippen LogP contribution < -0.4 is 15.5 Å². The molecule has 1 atom stereocenters. The zero-order valence-corrected chi connectivity index (χ0v) is 21.7. The summed E-state index contributed by atoms with van der Waals surface area (Å²) in [6, 6.07) is 22.7. The maximum absolute atomic E-state index is 13.5. The lowest BCUT2D eigenvalue weighted by molar-refractivity contribution is -0.0980. The minimum Gasteiger partial charge on any atom is -0.486 e. The molecule has 0 bridgehead atoms. The number of fused-ring (bicyclic) bond motifs is 1. The van der Waals surface area contributed by atoms with Crippen molar-refractivity contribution in [3.8, 4) is 17.1 Å². The normalized spacial score (nSPS) is 16.3. The van der Waals surface area contributed by atoms with Crippen LogP contribution in [0.4, 0.5) is 10.1 Å². The Bertz CT molecular complexity index is 1540. The van der Waals surface area contributed by atoms with Crippen LogP contribution in [0.5, 0.6) is 5.75 Å². The lowest BCUT2D eigenvalue weighted by atomic mass is 9.99. The van der Waals surface area contributed by atoms with Crippen LogP contribution in [-0.2, 0) is 4.79 Å². The van der Waals surface area contributed by atoms with E-state index in [1.165, 1.54) is 18.2 Å². The van der Waals surface area contributed by atoms with Gasteiger partial charge in [0.2, 0.25) is 0 Å².